The van der Waals surface area contributed by atoms with E-state index in [9.17, 15) is 18.0 Å². The van der Waals surface area contributed by atoms with Gasteiger partial charge in [-0.2, -0.15) is 18.3 Å². The number of hydrogen-bond donors (Lipinski definition) is 2. The number of carbonyl (C=O) groups excluding carboxylic acids is 1. The molecule has 176 valence electrons. The van der Waals surface area contributed by atoms with Crippen LogP contribution in [-0.2, 0) is 6.18 Å². The zero-order valence-electron chi connectivity index (χ0n) is 18.7. The zero-order valence-corrected chi connectivity index (χ0v) is 19.5. The molecule has 5 rings (SSSR count). The number of pyridine rings is 1. The van der Waals surface area contributed by atoms with Gasteiger partial charge >= 0.3 is 6.18 Å². The number of fused-ring (bicyclic) bond motifs is 3. The Morgan fingerprint density at radius 2 is 1.91 bits per heavy atom. The van der Waals surface area contributed by atoms with E-state index in [0.717, 1.165) is 54.3 Å². The normalized spacial score (nSPS) is 19.6. The van der Waals surface area contributed by atoms with Crippen molar-refractivity contribution in [3.05, 3.63) is 39.7 Å². The molecule has 0 spiro atoms. The summed E-state index contributed by atoms with van der Waals surface area (Å²) in [6, 6.07) is 1.22. The van der Waals surface area contributed by atoms with Crippen LogP contribution in [0.2, 0.25) is 0 Å². The van der Waals surface area contributed by atoms with E-state index in [1.54, 1.807) is 6.92 Å². The van der Waals surface area contributed by atoms with Gasteiger partial charge in [-0.15, -0.1) is 11.3 Å². The highest BCUT2D eigenvalue weighted by Crippen LogP contribution is 2.44. The van der Waals surface area contributed by atoms with Crippen LogP contribution in [0.15, 0.2) is 12.3 Å². The van der Waals surface area contributed by atoms with Gasteiger partial charge in [-0.3, -0.25) is 9.48 Å². The number of rotatable bonds is 3. The standard InChI is InChI=1S/C23H26F3N5OS/c1-11(2)31-10-14(17(30-31)13-7-5-4-6-8-13)20-28-18-16-12(3)9-15(23(24,25)26)27-22(16)33-19(18)21(32)29-20/h9-11,13,20,28H,4-8H2,1-3H3,(H,29,32). The first-order valence-corrected chi connectivity index (χ1v) is 12.1. The summed E-state index contributed by atoms with van der Waals surface area (Å²) >= 11 is 0.985. The SMILES string of the molecule is Cc1cc(C(F)(F)F)nc2sc3c(c12)NC(c1cn(C(C)C)nc1C1CCCCC1)NC3=O. The second kappa shape index (κ2) is 8.00. The molecule has 33 heavy (non-hydrogen) atoms. The van der Waals surface area contributed by atoms with E-state index in [4.69, 9.17) is 5.10 Å². The minimum Gasteiger partial charge on any atom is -0.360 e. The van der Waals surface area contributed by atoms with Crippen molar-refractivity contribution in [2.45, 2.75) is 77.2 Å². The van der Waals surface area contributed by atoms with E-state index in [1.165, 1.54) is 6.42 Å². The van der Waals surface area contributed by atoms with Crippen LogP contribution in [0.4, 0.5) is 18.9 Å². The summed E-state index contributed by atoms with van der Waals surface area (Å²) in [6.07, 6.45) is 2.63. The van der Waals surface area contributed by atoms with Crippen LogP contribution in [0.3, 0.4) is 0 Å². The fourth-order valence-corrected chi connectivity index (χ4v) is 5.98. The molecule has 2 N–H and O–H groups in total. The van der Waals surface area contributed by atoms with Crippen molar-refractivity contribution in [3.8, 4) is 0 Å². The molecule has 1 aliphatic heterocycles. The minimum absolute atomic E-state index is 0.171. The van der Waals surface area contributed by atoms with E-state index in [2.05, 4.69) is 29.5 Å². The van der Waals surface area contributed by atoms with Gasteiger partial charge in [0.25, 0.3) is 5.91 Å². The molecule has 0 radical (unpaired) electrons. The number of anilines is 1. The van der Waals surface area contributed by atoms with E-state index in [1.807, 2.05) is 10.9 Å². The maximum atomic E-state index is 13.3. The molecule has 2 aliphatic rings. The summed E-state index contributed by atoms with van der Waals surface area (Å²) in [5, 5.41) is 11.9. The number of amides is 1. The second-order valence-electron chi connectivity index (χ2n) is 9.24. The van der Waals surface area contributed by atoms with Gasteiger partial charge in [0, 0.05) is 29.1 Å². The predicted molar refractivity (Wildman–Crippen MR) is 122 cm³/mol. The fourth-order valence-electron chi connectivity index (χ4n) is 4.86. The van der Waals surface area contributed by atoms with Crippen molar-refractivity contribution in [1.82, 2.24) is 20.1 Å². The number of hydrogen-bond acceptors (Lipinski definition) is 5. The second-order valence-corrected chi connectivity index (χ2v) is 10.2. The van der Waals surface area contributed by atoms with Crippen LogP contribution in [-0.4, -0.2) is 20.7 Å². The number of aryl methyl sites for hydroxylation is 1. The largest absolute Gasteiger partial charge is 0.433 e. The van der Waals surface area contributed by atoms with Crippen LogP contribution < -0.4 is 10.6 Å². The highest BCUT2D eigenvalue weighted by atomic mass is 32.1. The number of aromatic nitrogens is 3. The Labute approximate surface area is 193 Å². The van der Waals surface area contributed by atoms with Gasteiger partial charge in [-0.05, 0) is 45.2 Å². The average molecular weight is 478 g/mol. The predicted octanol–water partition coefficient (Wildman–Crippen LogP) is 6.30. The number of halogens is 3. The monoisotopic (exact) mass is 477 g/mol. The van der Waals surface area contributed by atoms with Crippen molar-refractivity contribution in [3.63, 3.8) is 0 Å². The van der Waals surface area contributed by atoms with Crippen molar-refractivity contribution in [1.29, 1.82) is 0 Å². The lowest BCUT2D eigenvalue weighted by molar-refractivity contribution is -0.141. The number of nitrogens with zero attached hydrogens (tertiary/aromatic N) is 3. The molecular formula is C23H26F3N5OS. The molecular weight excluding hydrogens is 451 g/mol. The van der Waals surface area contributed by atoms with Gasteiger partial charge < -0.3 is 10.6 Å². The van der Waals surface area contributed by atoms with Crippen molar-refractivity contribution < 1.29 is 18.0 Å². The lowest BCUT2D eigenvalue weighted by Crippen LogP contribution is -2.38. The summed E-state index contributed by atoms with van der Waals surface area (Å²) in [5.74, 6) is 0.0300. The maximum absolute atomic E-state index is 13.3. The average Bonchev–Trinajstić information content (AvgIpc) is 3.36. The van der Waals surface area contributed by atoms with Crippen LogP contribution in [0.5, 0.6) is 0 Å². The van der Waals surface area contributed by atoms with Crippen molar-refractivity contribution >= 4 is 33.1 Å². The Kier molecular flexibility index (Phi) is 5.38. The van der Waals surface area contributed by atoms with E-state index in [-0.39, 0.29) is 16.8 Å². The molecule has 0 bridgehead atoms. The van der Waals surface area contributed by atoms with Crippen LogP contribution in [0.25, 0.3) is 10.2 Å². The molecule has 0 aromatic carbocycles. The van der Waals surface area contributed by atoms with Crippen LogP contribution in [0, 0.1) is 6.92 Å². The van der Waals surface area contributed by atoms with Gasteiger partial charge in [0.05, 0.1) is 11.4 Å². The van der Waals surface area contributed by atoms with Gasteiger partial charge in [-0.25, -0.2) is 4.98 Å². The molecule has 0 saturated heterocycles. The van der Waals surface area contributed by atoms with Crippen LogP contribution in [0.1, 0.15) is 96.3 Å². The first-order valence-electron chi connectivity index (χ1n) is 11.3. The Hall–Kier alpha value is -2.62. The lowest BCUT2D eigenvalue weighted by Gasteiger charge is -2.28. The molecule has 6 nitrogen and oxygen atoms in total. The third kappa shape index (κ3) is 3.88. The number of nitrogens with one attached hydrogen (secondary N) is 2. The van der Waals surface area contributed by atoms with Crippen LogP contribution >= 0.6 is 11.3 Å². The third-order valence-corrected chi connectivity index (χ3v) is 7.62. The molecule has 1 unspecified atom stereocenters. The molecule has 1 amide bonds. The molecule has 1 atom stereocenters. The van der Waals surface area contributed by atoms with E-state index >= 15 is 0 Å². The summed E-state index contributed by atoms with van der Waals surface area (Å²) < 4.78 is 41.7. The van der Waals surface area contributed by atoms with Gasteiger partial charge in [0.2, 0.25) is 0 Å². The topological polar surface area (TPSA) is 71.8 Å². The first kappa shape index (κ1) is 22.2. The third-order valence-electron chi connectivity index (χ3n) is 6.54. The Bertz CT molecular complexity index is 1220. The Balaban J connectivity index is 1.58. The fraction of sp³-hybridized carbons (Fsp3) is 0.522. The summed E-state index contributed by atoms with van der Waals surface area (Å²) in [5.41, 5.74) is 1.97. The number of alkyl halides is 3. The Morgan fingerprint density at radius 3 is 2.58 bits per heavy atom. The molecule has 3 aromatic rings. The Morgan fingerprint density at radius 1 is 1.18 bits per heavy atom. The summed E-state index contributed by atoms with van der Waals surface area (Å²) in [4.78, 5) is 17.4. The van der Waals surface area contributed by atoms with Gasteiger partial charge in [0.15, 0.2) is 0 Å². The minimum atomic E-state index is -4.54. The molecule has 1 saturated carbocycles. The molecule has 10 heteroatoms. The first-order chi connectivity index (χ1) is 15.6. The van der Waals surface area contributed by atoms with E-state index < -0.39 is 18.0 Å². The molecule has 1 fully saturated rings. The highest BCUT2D eigenvalue weighted by Gasteiger charge is 2.37. The number of carbonyl (C=O) groups is 1. The molecule has 4 heterocycles. The number of thiophene rings is 1. The van der Waals surface area contributed by atoms with Crippen molar-refractivity contribution in [2.75, 3.05) is 5.32 Å². The zero-order chi connectivity index (χ0) is 23.5. The quantitative estimate of drug-likeness (QED) is 0.464. The maximum Gasteiger partial charge on any atom is 0.433 e. The lowest BCUT2D eigenvalue weighted by atomic mass is 9.85. The molecule has 3 aromatic heterocycles. The highest BCUT2D eigenvalue weighted by molar-refractivity contribution is 7.21. The van der Waals surface area contributed by atoms with Gasteiger partial charge in [0.1, 0.15) is 21.6 Å². The van der Waals surface area contributed by atoms with E-state index in [0.29, 0.717) is 27.4 Å². The van der Waals surface area contributed by atoms with Gasteiger partial charge in [-0.1, -0.05) is 19.3 Å². The summed E-state index contributed by atoms with van der Waals surface area (Å²) in [6.45, 7) is 5.75. The summed E-state index contributed by atoms with van der Waals surface area (Å²) in [7, 11) is 0. The molecule has 1 aliphatic carbocycles. The smallest absolute Gasteiger partial charge is 0.360 e. The van der Waals surface area contributed by atoms with Crippen molar-refractivity contribution in [2.24, 2.45) is 0 Å².